The number of rotatable bonds is 3. The maximum atomic E-state index is 10.2. The predicted octanol–water partition coefficient (Wildman–Crippen LogP) is 3.46. The van der Waals surface area contributed by atoms with Crippen molar-refractivity contribution in [2.45, 2.75) is 32.3 Å². The van der Waals surface area contributed by atoms with E-state index in [0.717, 1.165) is 16.5 Å². The number of hydrogen-bond acceptors (Lipinski definition) is 1. The molecule has 0 aromatic heterocycles. The minimum Gasteiger partial charge on any atom is -0.385 e. The molecule has 0 aliphatic carbocycles. The van der Waals surface area contributed by atoms with Crippen LogP contribution in [-0.2, 0) is 5.60 Å². The second-order valence-corrected chi connectivity index (χ2v) is 4.63. The van der Waals surface area contributed by atoms with Gasteiger partial charge >= 0.3 is 0 Å². The Hall–Kier alpha value is -0.780. The fourth-order valence-corrected chi connectivity index (χ4v) is 1.80. The van der Waals surface area contributed by atoms with Gasteiger partial charge in [0.2, 0.25) is 0 Å². The van der Waals surface area contributed by atoms with Crippen molar-refractivity contribution in [3.8, 4) is 11.8 Å². The van der Waals surface area contributed by atoms with Crippen molar-refractivity contribution in [2.75, 3.05) is 0 Å². The maximum absolute atomic E-state index is 10.2. The summed E-state index contributed by atoms with van der Waals surface area (Å²) in [5.41, 5.74) is 0.128. The van der Waals surface area contributed by atoms with Crippen LogP contribution in [-0.4, -0.2) is 5.11 Å². The zero-order valence-electron chi connectivity index (χ0n) is 9.05. The molecule has 0 heterocycles. The molecule has 2 heteroatoms. The first-order valence-electron chi connectivity index (χ1n) is 4.94. The van der Waals surface area contributed by atoms with Crippen LogP contribution in [0.2, 0.25) is 0 Å². The van der Waals surface area contributed by atoms with Crippen LogP contribution in [0.3, 0.4) is 0 Å². The Morgan fingerprint density at radius 1 is 1.47 bits per heavy atom. The van der Waals surface area contributed by atoms with Gasteiger partial charge in [0.1, 0.15) is 0 Å². The molecule has 0 saturated heterocycles. The Morgan fingerprint density at radius 3 is 2.80 bits per heavy atom. The molecule has 0 spiro atoms. The molecule has 0 amide bonds. The molecular formula is C13H15BrO. The minimum absolute atomic E-state index is 0.657. The van der Waals surface area contributed by atoms with E-state index in [1.165, 1.54) is 0 Å². The smallest absolute Gasteiger partial charge is 0.0878 e. The minimum atomic E-state index is -0.798. The fraction of sp³-hybridized carbons (Fsp3) is 0.385. The van der Waals surface area contributed by atoms with Gasteiger partial charge in [-0.1, -0.05) is 28.1 Å². The van der Waals surface area contributed by atoms with E-state index in [0.29, 0.717) is 6.42 Å². The zero-order valence-corrected chi connectivity index (χ0v) is 10.6. The quantitative estimate of drug-likeness (QED) is 0.831. The van der Waals surface area contributed by atoms with E-state index in [1.54, 1.807) is 0 Å². The molecule has 1 aromatic carbocycles. The number of hydrogen-bond donors (Lipinski definition) is 1. The van der Waals surface area contributed by atoms with Crippen LogP contribution in [0, 0.1) is 11.8 Å². The molecule has 0 saturated carbocycles. The summed E-state index contributed by atoms with van der Waals surface area (Å²) in [5.74, 6) is 5.80. The first-order valence-corrected chi connectivity index (χ1v) is 5.73. The Labute approximate surface area is 99.6 Å². The standard InChI is InChI=1S/C13H15BrO/c1-3-4-5-9-13(2,15)11-7-6-8-12(14)10-11/h6-8,10,15H,5,9H2,1-2H3. The predicted molar refractivity (Wildman–Crippen MR) is 66.4 cm³/mol. The van der Waals surface area contributed by atoms with Crippen molar-refractivity contribution >= 4 is 15.9 Å². The molecule has 1 rings (SSSR count). The van der Waals surface area contributed by atoms with Gasteiger partial charge in [-0.3, -0.25) is 0 Å². The molecule has 80 valence electrons. The maximum Gasteiger partial charge on any atom is 0.0878 e. The van der Waals surface area contributed by atoms with E-state index >= 15 is 0 Å². The lowest BCUT2D eigenvalue weighted by molar-refractivity contribution is 0.0493. The normalized spacial score (nSPS) is 13.9. The molecule has 1 unspecified atom stereocenters. The van der Waals surface area contributed by atoms with E-state index < -0.39 is 5.60 Å². The number of aliphatic hydroxyl groups is 1. The second-order valence-electron chi connectivity index (χ2n) is 3.71. The van der Waals surface area contributed by atoms with Gasteiger partial charge in [-0.25, -0.2) is 0 Å². The van der Waals surface area contributed by atoms with Gasteiger partial charge in [0.05, 0.1) is 5.60 Å². The van der Waals surface area contributed by atoms with Crippen LogP contribution < -0.4 is 0 Å². The number of halogens is 1. The summed E-state index contributed by atoms with van der Waals surface area (Å²) in [7, 11) is 0. The average Bonchev–Trinajstić information content (AvgIpc) is 2.18. The van der Waals surface area contributed by atoms with Crippen molar-refractivity contribution < 1.29 is 5.11 Å². The lowest BCUT2D eigenvalue weighted by atomic mass is 9.91. The van der Waals surface area contributed by atoms with Crippen LogP contribution in [0.25, 0.3) is 0 Å². The summed E-state index contributed by atoms with van der Waals surface area (Å²) >= 11 is 3.40. The van der Waals surface area contributed by atoms with Crippen molar-refractivity contribution in [1.82, 2.24) is 0 Å². The topological polar surface area (TPSA) is 20.2 Å². The highest BCUT2D eigenvalue weighted by Crippen LogP contribution is 2.27. The molecule has 1 nitrogen and oxygen atoms in total. The van der Waals surface area contributed by atoms with E-state index in [-0.39, 0.29) is 0 Å². The highest BCUT2D eigenvalue weighted by atomic mass is 79.9. The molecule has 0 bridgehead atoms. The fourth-order valence-electron chi connectivity index (χ4n) is 1.40. The average molecular weight is 267 g/mol. The van der Waals surface area contributed by atoms with Crippen LogP contribution in [0.15, 0.2) is 28.7 Å². The monoisotopic (exact) mass is 266 g/mol. The van der Waals surface area contributed by atoms with Gasteiger partial charge in [-0.15, -0.1) is 11.8 Å². The Morgan fingerprint density at radius 2 is 2.20 bits per heavy atom. The SMILES string of the molecule is CC#CCCC(C)(O)c1cccc(Br)c1. The summed E-state index contributed by atoms with van der Waals surface area (Å²) < 4.78 is 0.988. The highest BCUT2D eigenvalue weighted by Gasteiger charge is 2.21. The van der Waals surface area contributed by atoms with Crippen molar-refractivity contribution in [2.24, 2.45) is 0 Å². The second kappa shape index (κ2) is 5.34. The van der Waals surface area contributed by atoms with Gasteiger partial charge in [0.25, 0.3) is 0 Å². The van der Waals surface area contributed by atoms with Crippen LogP contribution in [0.4, 0.5) is 0 Å². The van der Waals surface area contributed by atoms with Gasteiger partial charge in [0, 0.05) is 10.9 Å². The van der Waals surface area contributed by atoms with Crippen LogP contribution in [0.1, 0.15) is 32.3 Å². The molecule has 15 heavy (non-hydrogen) atoms. The summed E-state index contributed by atoms with van der Waals surface area (Å²) in [6.45, 7) is 3.64. The van der Waals surface area contributed by atoms with E-state index in [2.05, 4.69) is 27.8 Å². The third kappa shape index (κ3) is 3.70. The third-order valence-corrected chi connectivity index (χ3v) is 2.85. The first kappa shape index (κ1) is 12.3. The van der Waals surface area contributed by atoms with E-state index in [1.807, 2.05) is 38.1 Å². The van der Waals surface area contributed by atoms with Crippen LogP contribution >= 0.6 is 15.9 Å². The summed E-state index contributed by atoms with van der Waals surface area (Å²) in [5, 5.41) is 10.2. The van der Waals surface area contributed by atoms with Crippen molar-refractivity contribution in [3.05, 3.63) is 34.3 Å². The molecule has 0 aliphatic heterocycles. The molecule has 1 aromatic rings. The number of benzene rings is 1. The van der Waals surface area contributed by atoms with Gasteiger partial charge in [-0.2, -0.15) is 0 Å². The Balaban J connectivity index is 2.79. The Kier molecular flexibility index (Phi) is 4.38. The first-order chi connectivity index (χ1) is 7.06. The van der Waals surface area contributed by atoms with Crippen LogP contribution in [0.5, 0.6) is 0 Å². The van der Waals surface area contributed by atoms with Gasteiger partial charge in [-0.05, 0) is 38.0 Å². The summed E-state index contributed by atoms with van der Waals surface area (Å²) in [6, 6.07) is 7.76. The van der Waals surface area contributed by atoms with Gasteiger partial charge in [0.15, 0.2) is 0 Å². The highest BCUT2D eigenvalue weighted by molar-refractivity contribution is 9.10. The lowest BCUT2D eigenvalue weighted by Gasteiger charge is -2.23. The van der Waals surface area contributed by atoms with Gasteiger partial charge < -0.3 is 5.11 Å². The van der Waals surface area contributed by atoms with Crippen molar-refractivity contribution in [1.29, 1.82) is 0 Å². The summed E-state index contributed by atoms with van der Waals surface area (Å²) in [4.78, 5) is 0. The largest absolute Gasteiger partial charge is 0.385 e. The summed E-state index contributed by atoms with van der Waals surface area (Å²) in [6.07, 6.45) is 1.38. The lowest BCUT2D eigenvalue weighted by Crippen LogP contribution is -2.20. The van der Waals surface area contributed by atoms with E-state index in [9.17, 15) is 5.11 Å². The third-order valence-electron chi connectivity index (χ3n) is 2.36. The molecular weight excluding hydrogens is 252 g/mol. The molecule has 0 aliphatic rings. The zero-order chi connectivity index (χ0) is 11.3. The molecule has 1 N–H and O–H groups in total. The molecule has 1 atom stereocenters. The Bertz CT molecular complexity index is 385. The molecule has 0 fully saturated rings. The van der Waals surface area contributed by atoms with E-state index in [4.69, 9.17) is 0 Å². The molecule has 0 radical (unpaired) electrons. The van der Waals surface area contributed by atoms with Crippen molar-refractivity contribution in [3.63, 3.8) is 0 Å².